The number of ether oxygens (including phenoxy) is 1. The lowest BCUT2D eigenvalue weighted by Gasteiger charge is -2.16. The molecule has 21 heavy (non-hydrogen) atoms. The van der Waals surface area contributed by atoms with Crippen LogP contribution in [0.15, 0.2) is 40.2 Å². The zero-order chi connectivity index (χ0) is 15.5. The number of halogens is 4. The molecule has 8 heteroatoms. The van der Waals surface area contributed by atoms with Crippen molar-refractivity contribution >= 4 is 27.3 Å². The fraction of sp³-hybridized carbons (Fsp3) is 0.231. The van der Waals surface area contributed by atoms with E-state index in [-0.39, 0.29) is 11.8 Å². The summed E-state index contributed by atoms with van der Waals surface area (Å²) in [6.45, 7) is 0. The highest BCUT2D eigenvalue weighted by Gasteiger charge is 2.31. The Morgan fingerprint density at radius 1 is 1.24 bits per heavy atom. The summed E-state index contributed by atoms with van der Waals surface area (Å²) in [6.07, 6.45) is -4.05. The lowest BCUT2D eigenvalue weighted by molar-refractivity contribution is -0.274. The number of alkyl halides is 3. The van der Waals surface area contributed by atoms with Crippen molar-refractivity contribution < 1.29 is 17.9 Å². The summed E-state index contributed by atoms with van der Waals surface area (Å²) >= 11 is 5.02. The first-order chi connectivity index (χ1) is 9.89. The summed E-state index contributed by atoms with van der Waals surface area (Å²) in [7, 11) is 0. The van der Waals surface area contributed by atoms with E-state index in [0.717, 1.165) is 14.9 Å². The first kappa shape index (κ1) is 16.3. The van der Waals surface area contributed by atoms with Gasteiger partial charge in [0.25, 0.3) is 0 Å². The average molecular weight is 381 g/mol. The molecular weight excluding hydrogens is 369 g/mol. The molecule has 3 N–H and O–H groups in total. The first-order valence-electron chi connectivity index (χ1n) is 5.93. The second kappa shape index (κ2) is 6.78. The van der Waals surface area contributed by atoms with E-state index in [9.17, 15) is 13.2 Å². The van der Waals surface area contributed by atoms with E-state index in [1.807, 2.05) is 11.4 Å². The molecule has 0 aliphatic heterocycles. The van der Waals surface area contributed by atoms with Crippen LogP contribution in [0.25, 0.3) is 0 Å². The maximum Gasteiger partial charge on any atom is 0.573 e. The van der Waals surface area contributed by atoms with Crippen molar-refractivity contribution in [3.8, 4) is 5.75 Å². The van der Waals surface area contributed by atoms with Crippen LogP contribution in [-0.2, 0) is 6.42 Å². The van der Waals surface area contributed by atoms with E-state index >= 15 is 0 Å². The Bertz CT molecular complexity index is 586. The smallest absolute Gasteiger partial charge is 0.406 e. The quantitative estimate of drug-likeness (QED) is 0.604. The number of hydrogen-bond donors (Lipinski definition) is 2. The summed E-state index contributed by atoms with van der Waals surface area (Å²) in [5.74, 6) is 5.29. The molecule has 0 saturated heterocycles. The van der Waals surface area contributed by atoms with Crippen LogP contribution in [0.2, 0.25) is 0 Å². The minimum atomic E-state index is -4.69. The molecule has 1 aromatic heterocycles. The second-order valence-corrected chi connectivity index (χ2v) is 6.09. The number of nitrogens with one attached hydrogen (secondary N) is 1. The Hall–Kier alpha value is -1.09. The van der Waals surface area contributed by atoms with Gasteiger partial charge in [0.1, 0.15) is 5.75 Å². The number of hydrazine groups is 1. The van der Waals surface area contributed by atoms with Gasteiger partial charge in [0.2, 0.25) is 0 Å². The molecule has 2 rings (SSSR count). The molecule has 1 unspecified atom stereocenters. The largest absolute Gasteiger partial charge is 0.573 e. The van der Waals surface area contributed by atoms with Crippen molar-refractivity contribution in [3.63, 3.8) is 0 Å². The van der Waals surface area contributed by atoms with E-state index in [1.54, 1.807) is 23.5 Å². The van der Waals surface area contributed by atoms with Crippen LogP contribution in [0.1, 0.15) is 16.5 Å². The number of thiophene rings is 1. The fourth-order valence-electron chi connectivity index (χ4n) is 1.83. The standard InChI is InChI=1S/C13H12BrF3N2OS/c14-10-5-6-21-12(10)7-11(19-18)8-1-3-9(4-2-8)20-13(15,16)17/h1-6,11,19H,7,18H2. The van der Waals surface area contributed by atoms with Gasteiger partial charge < -0.3 is 4.74 Å². The number of nitrogens with two attached hydrogens (primary N) is 1. The van der Waals surface area contributed by atoms with Crippen molar-refractivity contribution in [2.75, 3.05) is 0 Å². The molecule has 0 spiro atoms. The number of hydrogen-bond acceptors (Lipinski definition) is 4. The van der Waals surface area contributed by atoms with Crippen LogP contribution in [0, 0.1) is 0 Å². The molecule has 0 aliphatic rings. The summed E-state index contributed by atoms with van der Waals surface area (Å²) in [6, 6.07) is 7.42. The fourth-order valence-corrected chi connectivity index (χ4v) is 3.39. The topological polar surface area (TPSA) is 47.3 Å². The van der Waals surface area contributed by atoms with Gasteiger partial charge in [-0.1, -0.05) is 12.1 Å². The van der Waals surface area contributed by atoms with E-state index in [2.05, 4.69) is 26.1 Å². The third-order valence-electron chi connectivity index (χ3n) is 2.80. The zero-order valence-electron chi connectivity index (χ0n) is 10.7. The van der Waals surface area contributed by atoms with Crippen molar-refractivity contribution in [2.45, 2.75) is 18.8 Å². The molecule has 0 aliphatic carbocycles. The van der Waals surface area contributed by atoms with Gasteiger partial charge in [0, 0.05) is 15.8 Å². The van der Waals surface area contributed by atoms with Gasteiger partial charge in [-0.3, -0.25) is 11.3 Å². The molecule has 0 fully saturated rings. The monoisotopic (exact) mass is 380 g/mol. The molecule has 1 atom stereocenters. The molecule has 0 radical (unpaired) electrons. The number of rotatable bonds is 5. The van der Waals surface area contributed by atoms with Crippen molar-refractivity contribution in [1.29, 1.82) is 0 Å². The van der Waals surface area contributed by atoms with Gasteiger partial charge in [-0.25, -0.2) is 0 Å². The number of benzene rings is 1. The predicted octanol–water partition coefficient (Wildman–Crippen LogP) is 4.16. The van der Waals surface area contributed by atoms with E-state index in [4.69, 9.17) is 5.84 Å². The molecule has 1 heterocycles. The molecule has 2 aromatic rings. The Morgan fingerprint density at radius 3 is 2.38 bits per heavy atom. The van der Waals surface area contributed by atoms with Gasteiger partial charge in [0.15, 0.2) is 0 Å². The van der Waals surface area contributed by atoms with Crippen LogP contribution in [-0.4, -0.2) is 6.36 Å². The zero-order valence-corrected chi connectivity index (χ0v) is 13.1. The normalized spacial score (nSPS) is 13.2. The van der Waals surface area contributed by atoms with Crippen molar-refractivity contribution in [1.82, 2.24) is 5.43 Å². The van der Waals surface area contributed by atoms with Gasteiger partial charge in [0.05, 0.1) is 6.04 Å². The van der Waals surface area contributed by atoms with Crippen LogP contribution in [0.3, 0.4) is 0 Å². The molecule has 0 saturated carbocycles. The maximum atomic E-state index is 12.1. The third kappa shape index (κ3) is 4.70. The first-order valence-corrected chi connectivity index (χ1v) is 7.60. The Morgan fingerprint density at radius 2 is 1.90 bits per heavy atom. The Labute approximate surface area is 132 Å². The van der Waals surface area contributed by atoms with E-state index in [0.29, 0.717) is 6.42 Å². The minimum Gasteiger partial charge on any atom is -0.406 e. The molecule has 114 valence electrons. The molecule has 0 amide bonds. The van der Waals surface area contributed by atoms with Gasteiger partial charge in [-0.15, -0.1) is 24.5 Å². The molecule has 3 nitrogen and oxygen atoms in total. The van der Waals surface area contributed by atoms with Crippen molar-refractivity contribution in [2.24, 2.45) is 5.84 Å². The average Bonchev–Trinajstić information content (AvgIpc) is 2.81. The SMILES string of the molecule is NNC(Cc1sccc1Br)c1ccc(OC(F)(F)F)cc1. The van der Waals surface area contributed by atoms with Crippen LogP contribution >= 0.6 is 27.3 Å². The highest BCUT2D eigenvalue weighted by molar-refractivity contribution is 9.10. The van der Waals surface area contributed by atoms with E-state index < -0.39 is 6.36 Å². The van der Waals surface area contributed by atoms with Crippen molar-refractivity contribution in [3.05, 3.63) is 50.6 Å². The van der Waals surface area contributed by atoms with Gasteiger partial charge >= 0.3 is 6.36 Å². The second-order valence-electron chi connectivity index (χ2n) is 4.23. The molecular formula is C13H12BrF3N2OS. The lowest BCUT2D eigenvalue weighted by atomic mass is 10.0. The predicted molar refractivity (Wildman–Crippen MR) is 78.9 cm³/mol. The summed E-state index contributed by atoms with van der Waals surface area (Å²) < 4.78 is 41.1. The minimum absolute atomic E-state index is 0.195. The summed E-state index contributed by atoms with van der Waals surface area (Å²) in [5, 5.41) is 1.95. The van der Waals surface area contributed by atoms with E-state index in [1.165, 1.54) is 12.1 Å². The highest BCUT2D eigenvalue weighted by Crippen LogP contribution is 2.29. The Balaban J connectivity index is 2.10. The molecule has 0 bridgehead atoms. The summed E-state index contributed by atoms with van der Waals surface area (Å²) in [4.78, 5) is 1.11. The van der Waals surface area contributed by atoms with Gasteiger partial charge in [-0.05, 0) is 45.1 Å². The summed E-state index contributed by atoms with van der Waals surface area (Å²) in [5.41, 5.74) is 3.46. The Kier molecular flexibility index (Phi) is 5.26. The lowest BCUT2D eigenvalue weighted by Crippen LogP contribution is -2.29. The van der Waals surface area contributed by atoms with Crippen LogP contribution in [0.5, 0.6) is 5.75 Å². The van der Waals surface area contributed by atoms with Gasteiger partial charge in [-0.2, -0.15) is 0 Å². The third-order valence-corrected chi connectivity index (χ3v) is 4.75. The highest BCUT2D eigenvalue weighted by atomic mass is 79.9. The molecule has 1 aromatic carbocycles. The van der Waals surface area contributed by atoms with Crippen LogP contribution in [0.4, 0.5) is 13.2 Å². The van der Waals surface area contributed by atoms with Crippen LogP contribution < -0.4 is 16.0 Å². The maximum absolute atomic E-state index is 12.1.